The third-order valence-corrected chi connectivity index (χ3v) is 4.46. The number of nitrogens with two attached hydrogens (primary N) is 1. The molecule has 1 heterocycles. The molecular weight excluding hydrogens is 236 g/mol. The Bertz CT molecular complexity index is 280. The highest BCUT2D eigenvalue weighted by molar-refractivity contribution is 5.06. The van der Waals surface area contributed by atoms with Crippen molar-refractivity contribution in [1.82, 2.24) is 5.32 Å². The van der Waals surface area contributed by atoms with Crippen LogP contribution in [0.3, 0.4) is 0 Å². The summed E-state index contributed by atoms with van der Waals surface area (Å²) in [5, 5.41) is 3.58. The van der Waals surface area contributed by atoms with Crippen LogP contribution in [-0.4, -0.2) is 31.3 Å². The van der Waals surface area contributed by atoms with Crippen LogP contribution >= 0.6 is 0 Å². The first kappa shape index (κ1) is 16.7. The van der Waals surface area contributed by atoms with Crippen molar-refractivity contribution in [3.63, 3.8) is 0 Å². The van der Waals surface area contributed by atoms with E-state index in [1.165, 1.54) is 12.8 Å². The van der Waals surface area contributed by atoms with Crippen molar-refractivity contribution < 1.29 is 4.74 Å². The molecule has 1 aliphatic heterocycles. The van der Waals surface area contributed by atoms with E-state index in [4.69, 9.17) is 10.5 Å². The summed E-state index contributed by atoms with van der Waals surface area (Å²) in [6, 6.07) is 0.376. The molecule has 0 aromatic heterocycles. The lowest BCUT2D eigenvalue weighted by molar-refractivity contribution is -0.0328. The molecule has 0 spiro atoms. The zero-order chi connectivity index (χ0) is 14.3. The van der Waals surface area contributed by atoms with E-state index in [-0.39, 0.29) is 11.6 Å². The topological polar surface area (TPSA) is 47.3 Å². The van der Waals surface area contributed by atoms with Gasteiger partial charge in [-0.15, -0.1) is 0 Å². The van der Waals surface area contributed by atoms with Gasteiger partial charge in [-0.25, -0.2) is 0 Å². The Labute approximate surface area is 119 Å². The van der Waals surface area contributed by atoms with Crippen LogP contribution in [0.2, 0.25) is 0 Å². The summed E-state index contributed by atoms with van der Waals surface area (Å²) in [4.78, 5) is 0. The molecule has 0 radical (unpaired) electrons. The van der Waals surface area contributed by atoms with Crippen LogP contribution < -0.4 is 11.1 Å². The molecule has 0 unspecified atom stereocenters. The zero-order valence-corrected chi connectivity index (χ0v) is 13.1. The predicted molar refractivity (Wildman–Crippen MR) is 82.2 cm³/mol. The second-order valence-electron chi connectivity index (χ2n) is 5.94. The van der Waals surface area contributed by atoms with Crippen molar-refractivity contribution in [3.05, 3.63) is 12.2 Å². The van der Waals surface area contributed by atoms with Crippen molar-refractivity contribution in [3.8, 4) is 0 Å². The molecule has 1 fully saturated rings. The van der Waals surface area contributed by atoms with E-state index < -0.39 is 0 Å². The highest BCUT2D eigenvalue weighted by Crippen LogP contribution is 2.29. The number of methoxy groups -OCH3 is 1. The number of unbranched alkanes of at least 4 members (excludes halogenated alkanes) is 1. The van der Waals surface area contributed by atoms with Crippen LogP contribution in [0.5, 0.6) is 0 Å². The predicted octanol–water partition coefficient (Wildman–Crippen LogP) is 2.85. The van der Waals surface area contributed by atoms with Crippen LogP contribution in [0.4, 0.5) is 0 Å². The average Bonchev–Trinajstić information content (AvgIpc) is 2.86. The Morgan fingerprint density at radius 2 is 2.16 bits per heavy atom. The van der Waals surface area contributed by atoms with Crippen LogP contribution in [0.25, 0.3) is 0 Å². The van der Waals surface area contributed by atoms with Crippen molar-refractivity contribution in [2.75, 3.05) is 13.7 Å². The zero-order valence-electron chi connectivity index (χ0n) is 13.1. The van der Waals surface area contributed by atoms with Gasteiger partial charge in [-0.2, -0.15) is 0 Å². The largest absolute Gasteiger partial charge is 0.377 e. The molecule has 0 aromatic carbocycles. The molecule has 3 heteroatoms. The second kappa shape index (κ2) is 8.03. The SMILES string of the molecule is CCC/C=C\[C@@H]1CCN[C@H]1[C@@H](N)[C@](C)(CCC)OC. The minimum absolute atomic E-state index is 0.0382. The minimum atomic E-state index is -0.229. The number of hydrogen-bond acceptors (Lipinski definition) is 3. The molecule has 112 valence electrons. The minimum Gasteiger partial charge on any atom is -0.377 e. The maximum absolute atomic E-state index is 6.53. The lowest BCUT2D eigenvalue weighted by Gasteiger charge is -2.39. The third-order valence-electron chi connectivity index (χ3n) is 4.46. The van der Waals surface area contributed by atoms with Gasteiger partial charge in [-0.1, -0.05) is 38.8 Å². The molecule has 19 heavy (non-hydrogen) atoms. The van der Waals surface area contributed by atoms with Gasteiger partial charge < -0.3 is 15.8 Å². The summed E-state index contributed by atoms with van der Waals surface area (Å²) >= 11 is 0. The van der Waals surface area contributed by atoms with Crippen LogP contribution in [-0.2, 0) is 4.74 Å². The third kappa shape index (κ3) is 4.30. The van der Waals surface area contributed by atoms with Gasteiger partial charge in [0, 0.05) is 19.2 Å². The molecular formula is C16H32N2O. The molecule has 1 aliphatic rings. The summed E-state index contributed by atoms with van der Waals surface area (Å²) in [7, 11) is 1.78. The van der Waals surface area contributed by atoms with E-state index in [1.807, 2.05) is 0 Å². The van der Waals surface area contributed by atoms with Crippen molar-refractivity contribution in [2.24, 2.45) is 11.7 Å². The molecule has 3 N–H and O–H groups in total. The average molecular weight is 268 g/mol. The monoisotopic (exact) mass is 268 g/mol. The lowest BCUT2D eigenvalue weighted by atomic mass is 9.82. The van der Waals surface area contributed by atoms with Crippen LogP contribution in [0.15, 0.2) is 12.2 Å². The molecule has 3 nitrogen and oxygen atoms in total. The highest BCUT2D eigenvalue weighted by atomic mass is 16.5. The van der Waals surface area contributed by atoms with Crippen molar-refractivity contribution in [2.45, 2.75) is 70.6 Å². The molecule has 0 aliphatic carbocycles. The standard InChI is InChI=1S/C16H32N2O/c1-5-7-8-9-13-10-12-18-14(13)15(17)16(3,19-4)11-6-2/h8-9,13-15,18H,5-7,10-12,17H2,1-4H3/b9-8-/t13-,14-,15-,16+/m1/s1. The number of ether oxygens (including phenoxy) is 1. The first-order valence-corrected chi connectivity index (χ1v) is 7.79. The molecule has 4 atom stereocenters. The fourth-order valence-corrected chi connectivity index (χ4v) is 3.08. The molecule has 0 amide bonds. The fourth-order valence-electron chi connectivity index (χ4n) is 3.08. The van der Waals surface area contributed by atoms with Gasteiger partial charge in [-0.3, -0.25) is 0 Å². The Morgan fingerprint density at radius 3 is 2.74 bits per heavy atom. The Balaban J connectivity index is 2.70. The van der Waals surface area contributed by atoms with E-state index in [9.17, 15) is 0 Å². The number of nitrogens with one attached hydrogen (secondary N) is 1. The van der Waals surface area contributed by atoms with Crippen molar-refractivity contribution >= 4 is 0 Å². The quantitative estimate of drug-likeness (QED) is 0.665. The van der Waals surface area contributed by atoms with E-state index >= 15 is 0 Å². The normalized spacial score (nSPS) is 28.7. The molecule has 1 rings (SSSR count). The Kier molecular flexibility index (Phi) is 7.05. The van der Waals surface area contributed by atoms with E-state index in [0.29, 0.717) is 12.0 Å². The maximum Gasteiger partial charge on any atom is 0.0816 e. The van der Waals surface area contributed by atoms with Gasteiger partial charge >= 0.3 is 0 Å². The Hall–Kier alpha value is -0.380. The first-order valence-electron chi connectivity index (χ1n) is 7.79. The molecule has 1 saturated heterocycles. The van der Waals surface area contributed by atoms with E-state index in [1.54, 1.807) is 7.11 Å². The number of hydrogen-bond donors (Lipinski definition) is 2. The van der Waals surface area contributed by atoms with Gasteiger partial charge in [0.15, 0.2) is 0 Å². The summed E-state index contributed by atoms with van der Waals surface area (Å²) in [5.41, 5.74) is 6.30. The summed E-state index contributed by atoms with van der Waals surface area (Å²) < 4.78 is 5.74. The molecule has 0 bridgehead atoms. The van der Waals surface area contributed by atoms with Gasteiger partial charge in [0.05, 0.1) is 5.60 Å². The van der Waals surface area contributed by atoms with Gasteiger partial charge in [0.1, 0.15) is 0 Å². The van der Waals surface area contributed by atoms with Gasteiger partial charge in [0.25, 0.3) is 0 Å². The van der Waals surface area contributed by atoms with Crippen LogP contribution in [0, 0.1) is 5.92 Å². The van der Waals surface area contributed by atoms with Gasteiger partial charge in [0.2, 0.25) is 0 Å². The number of allylic oxidation sites excluding steroid dienone is 1. The number of rotatable bonds is 8. The first-order chi connectivity index (χ1) is 9.09. The van der Waals surface area contributed by atoms with E-state index in [0.717, 1.165) is 25.8 Å². The molecule has 0 aromatic rings. The van der Waals surface area contributed by atoms with Crippen molar-refractivity contribution in [1.29, 1.82) is 0 Å². The molecule has 0 saturated carbocycles. The fraction of sp³-hybridized carbons (Fsp3) is 0.875. The summed E-state index contributed by atoms with van der Waals surface area (Å²) in [5.74, 6) is 0.549. The maximum atomic E-state index is 6.53. The highest BCUT2D eigenvalue weighted by Gasteiger charge is 2.40. The Morgan fingerprint density at radius 1 is 1.42 bits per heavy atom. The summed E-state index contributed by atoms with van der Waals surface area (Å²) in [6.45, 7) is 7.60. The summed E-state index contributed by atoms with van der Waals surface area (Å²) in [6.07, 6.45) is 10.3. The van der Waals surface area contributed by atoms with E-state index in [2.05, 4.69) is 38.2 Å². The second-order valence-corrected chi connectivity index (χ2v) is 5.94. The van der Waals surface area contributed by atoms with Gasteiger partial charge in [-0.05, 0) is 38.6 Å². The smallest absolute Gasteiger partial charge is 0.0816 e. The lowest BCUT2D eigenvalue weighted by Crippen LogP contribution is -2.58. The van der Waals surface area contributed by atoms with Crippen LogP contribution in [0.1, 0.15) is 52.9 Å².